The third-order valence-electron chi connectivity index (χ3n) is 6.35. The zero-order valence-corrected chi connectivity index (χ0v) is 15.1. The van der Waals surface area contributed by atoms with Gasteiger partial charge in [0.1, 0.15) is 0 Å². The van der Waals surface area contributed by atoms with Gasteiger partial charge in [0.2, 0.25) is 0 Å². The molecule has 0 radical (unpaired) electrons. The van der Waals surface area contributed by atoms with Crippen LogP contribution in [0.4, 0.5) is 0 Å². The standard InChI is InChI=1S/C19H38N2/c1-6-20-18(17-11-7-9-15(2)13-17)19(21(4)5)12-8-10-16(3)14-19/h15-18,20H,6-14H2,1-5H3. The number of hydrogen-bond donors (Lipinski definition) is 1. The van der Waals surface area contributed by atoms with Crippen molar-refractivity contribution >= 4 is 0 Å². The maximum atomic E-state index is 3.94. The molecular weight excluding hydrogens is 256 g/mol. The molecule has 0 aromatic rings. The summed E-state index contributed by atoms with van der Waals surface area (Å²) in [6.07, 6.45) is 11.3. The smallest absolute Gasteiger partial charge is 0.0361 e. The van der Waals surface area contributed by atoms with Gasteiger partial charge in [-0.2, -0.15) is 0 Å². The minimum Gasteiger partial charge on any atom is -0.312 e. The average molecular weight is 295 g/mol. The molecule has 124 valence electrons. The van der Waals surface area contributed by atoms with Gasteiger partial charge in [0, 0.05) is 11.6 Å². The van der Waals surface area contributed by atoms with Gasteiger partial charge in [-0.05, 0) is 64.1 Å². The van der Waals surface area contributed by atoms with E-state index in [0.717, 1.165) is 24.3 Å². The van der Waals surface area contributed by atoms with Crippen LogP contribution in [-0.4, -0.2) is 37.1 Å². The highest BCUT2D eigenvalue weighted by Gasteiger charge is 2.46. The van der Waals surface area contributed by atoms with E-state index in [0.29, 0.717) is 11.6 Å². The van der Waals surface area contributed by atoms with E-state index >= 15 is 0 Å². The molecule has 0 spiro atoms. The summed E-state index contributed by atoms with van der Waals surface area (Å²) < 4.78 is 0. The highest BCUT2D eigenvalue weighted by molar-refractivity contribution is 5.05. The van der Waals surface area contributed by atoms with Gasteiger partial charge in [-0.1, -0.05) is 46.5 Å². The fraction of sp³-hybridized carbons (Fsp3) is 1.00. The molecule has 2 aliphatic carbocycles. The van der Waals surface area contributed by atoms with Crippen molar-refractivity contribution in [2.24, 2.45) is 17.8 Å². The maximum Gasteiger partial charge on any atom is 0.0361 e. The van der Waals surface area contributed by atoms with Crippen LogP contribution in [0.3, 0.4) is 0 Å². The number of hydrogen-bond acceptors (Lipinski definition) is 2. The summed E-state index contributed by atoms with van der Waals surface area (Å²) in [6.45, 7) is 8.32. The Hall–Kier alpha value is -0.0800. The molecule has 0 aromatic heterocycles. The quantitative estimate of drug-likeness (QED) is 0.813. The Kier molecular flexibility index (Phi) is 6.14. The first-order valence-corrected chi connectivity index (χ1v) is 9.40. The maximum absolute atomic E-state index is 3.94. The van der Waals surface area contributed by atoms with E-state index in [4.69, 9.17) is 0 Å². The minimum absolute atomic E-state index is 0.384. The molecule has 0 aliphatic heterocycles. The van der Waals surface area contributed by atoms with Crippen molar-refractivity contribution in [3.05, 3.63) is 0 Å². The van der Waals surface area contributed by atoms with Gasteiger partial charge in [-0.3, -0.25) is 0 Å². The Morgan fingerprint density at radius 3 is 2.38 bits per heavy atom. The Morgan fingerprint density at radius 2 is 1.81 bits per heavy atom. The SMILES string of the molecule is CCNC(C1CCCC(C)C1)C1(N(C)C)CCCC(C)C1. The van der Waals surface area contributed by atoms with Crippen LogP contribution in [-0.2, 0) is 0 Å². The molecule has 5 atom stereocenters. The van der Waals surface area contributed by atoms with E-state index in [9.17, 15) is 0 Å². The van der Waals surface area contributed by atoms with Crippen LogP contribution in [0.25, 0.3) is 0 Å². The summed E-state index contributed by atoms with van der Waals surface area (Å²) in [5, 5.41) is 3.94. The summed E-state index contributed by atoms with van der Waals surface area (Å²) >= 11 is 0. The lowest BCUT2D eigenvalue weighted by Gasteiger charge is -2.53. The lowest BCUT2D eigenvalue weighted by atomic mass is 9.64. The first-order chi connectivity index (χ1) is 9.99. The van der Waals surface area contributed by atoms with Gasteiger partial charge in [-0.15, -0.1) is 0 Å². The second-order valence-electron chi connectivity index (χ2n) is 8.27. The van der Waals surface area contributed by atoms with E-state index in [1.54, 1.807) is 0 Å². The van der Waals surface area contributed by atoms with Crippen molar-refractivity contribution in [1.82, 2.24) is 10.2 Å². The zero-order valence-electron chi connectivity index (χ0n) is 15.1. The highest BCUT2D eigenvalue weighted by Crippen LogP contribution is 2.44. The van der Waals surface area contributed by atoms with E-state index in [2.05, 4.69) is 45.1 Å². The molecule has 1 N–H and O–H groups in total. The van der Waals surface area contributed by atoms with Crippen LogP contribution < -0.4 is 5.32 Å². The van der Waals surface area contributed by atoms with Crippen molar-refractivity contribution in [1.29, 1.82) is 0 Å². The van der Waals surface area contributed by atoms with Crippen LogP contribution in [0.1, 0.15) is 72.1 Å². The fourth-order valence-electron chi connectivity index (χ4n) is 5.33. The molecule has 2 fully saturated rings. The summed E-state index contributed by atoms with van der Waals surface area (Å²) in [7, 11) is 4.66. The number of likely N-dealkylation sites (N-methyl/N-ethyl adjacent to an activating group) is 2. The van der Waals surface area contributed by atoms with Crippen molar-refractivity contribution in [2.75, 3.05) is 20.6 Å². The summed E-state index contributed by atoms with van der Waals surface area (Å²) in [5.74, 6) is 2.68. The second kappa shape index (κ2) is 7.46. The predicted octanol–water partition coefficient (Wildman–Crippen LogP) is 4.30. The van der Waals surface area contributed by atoms with Crippen molar-refractivity contribution < 1.29 is 0 Å². The van der Waals surface area contributed by atoms with Gasteiger partial charge in [-0.25, -0.2) is 0 Å². The molecule has 0 bridgehead atoms. The molecule has 2 saturated carbocycles. The van der Waals surface area contributed by atoms with Crippen molar-refractivity contribution in [3.8, 4) is 0 Å². The van der Waals surface area contributed by atoms with Gasteiger partial charge in [0.25, 0.3) is 0 Å². The van der Waals surface area contributed by atoms with Crippen LogP contribution in [0.15, 0.2) is 0 Å². The summed E-state index contributed by atoms with van der Waals surface area (Å²) in [5.41, 5.74) is 0.384. The number of nitrogens with one attached hydrogen (secondary N) is 1. The first kappa shape index (κ1) is 17.3. The Balaban J connectivity index is 2.23. The molecule has 2 rings (SSSR count). The second-order valence-corrected chi connectivity index (χ2v) is 8.27. The molecule has 0 amide bonds. The third kappa shape index (κ3) is 3.82. The van der Waals surface area contributed by atoms with Crippen LogP contribution in [0.5, 0.6) is 0 Å². The molecule has 5 unspecified atom stereocenters. The van der Waals surface area contributed by atoms with Gasteiger partial charge in [0.15, 0.2) is 0 Å². The number of nitrogens with zero attached hydrogens (tertiary/aromatic N) is 1. The molecular formula is C19H38N2. The lowest BCUT2D eigenvalue weighted by Crippen LogP contribution is -2.63. The topological polar surface area (TPSA) is 15.3 Å². The first-order valence-electron chi connectivity index (χ1n) is 9.40. The van der Waals surface area contributed by atoms with Gasteiger partial charge < -0.3 is 10.2 Å². The minimum atomic E-state index is 0.384. The molecule has 0 aromatic carbocycles. The Morgan fingerprint density at radius 1 is 1.10 bits per heavy atom. The van der Waals surface area contributed by atoms with E-state index < -0.39 is 0 Å². The average Bonchev–Trinajstić information content (AvgIpc) is 2.44. The Labute approximate surface area is 133 Å². The van der Waals surface area contributed by atoms with Crippen LogP contribution in [0, 0.1) is 17.8 Å². The molecule has 2 aliphatic rings. The molecule has 2 heteroatoms. The summed E-state index contributed by atoms with van der Waals surface area (Å²) in [6, 6.07) is 0.683. The van der Waals surface area contributed by atoms with E-state index in [1.807, 2.05) is 0 Å². The van der Waals surface area contributed by atoms with Gasteiger partial charge in [0.05, 0.1) is 0 Å². The van der Waals surface area contributed by atoms with Crippen molar-refractivity contribution in [3.63, 3.8) is 0 Å². The highest BCUT2D eigenvalue weighted by atomic mass is 15.2. The molecule has 0 saturated heterocycles. The normalized spacial score (nSPS) is 39.4. The molecule has 0 heterocycles. The van der Waals surface area contributed by atoms with E-state index in [1.165, 1.54) is 51.4 Å². The lowest BCUT2D eigenvalue weighted by molar-refractivity contribution is 0.00483. The van der Waals surface area contributed by atoms with Gasteiger partial charge >= 0.3 is 0 Å². The van der Waals surface area contributed by atoms with Crippen LogP contribution >= 0.6 is 0 Å². The Bertz CT molecular complexity index is 315. The van der Waals surface area contributed by atoms with Crippen LogP contribution in [0.2, 0.25) is 0 Å². The number of rotatable bonds is 5. The summed E-state index contributed by atoms with van der Waals surface area (Å²) in [4.78, 5) is 2.58. The molecule has 21 heavy (non-hydrogen) atoms. The molecule has 2 nitrogen and oxygen atoms in total. The predicted molar refractivity (Wildman–Crippen MR) is 92.6 cm³/mol. The third-order valence-corrected chi connectivity index (χ3v) is 6.35. The van der Waals surface area contributed by atoms with E-state index in [-0.39, 0.29) is 0 Å². The largest absolute Gasteiger partial charge is 0.312 e. The van der Waals surface area contributed by atoms with Crippen molar-refractivity contribution in [2.45, 2.75) is 83.7 Å². The monoisotopic (exact) mass is 294 g/mol. The fourth-order valence-corrected chi connectivity index (χ4v) is 5.33. The zero-order chi connectivity index (χ0) is 15.5.